The van der Waals surface area contributed by atoms with Crippen LogP contribution >= 0.6 is 12.6 Å². The second-order valence-electron chi connectivity index (χ2n) is 3.34. The molecule has 0 fully saturated rings. The van der Waals surface area contributed by atoms with E-state index < -0.39 is 0 Å². The van der Waals surface area contributed by atoms with Crippen molar-refractivity contribution in [1.82, 2.24) is 4.90 Å². The maximum Gasteiger partial charge on any atom is 0.0596 e. The molecule has 13 heavy (non-hydrogen) atoms. The van der Waals surface area contributed by atoms with Crippen molar-refractivity contribution >= 4 is 12.6 Å². The van der Waals surface area contributed by atoms with Crippen molar-refractivity contribution in [2.24, 2.45) is 0 Å². The third-order valence-corrected chi connectivity index (χ3v) is 1.82. The number of hydrogen-bond donors (Lipinski definition) is 1. The summed E-state index contributed by atoms with van der Waals surface area (Å²) in [6.45, 7) is 6.88. The smallest absolute Gasteiger partial charge is 0.0596 e. The van der Waals surface area contributed by atoms with Crippen LogP contribution in [-0.2, 0) is 4.74 Å². The Morgan fingerprint density at radius 3 is 2.62 bits per heavy atom. The Bertz CT molecular complexity index is 137. The van der Waals surface area contributed by atoms with E-state index in [1.165, 1.54) is 0 Å². The summed E-state index contributed by atoms with van der Waals surface area (Å²) >= 11 is 4.09. The summed E-state index contributed by atoms with van der Waals surface area (Å²) in [5.41, 5.74) is 0. The van der Waals surface area contributed by atoms with Gasteiger partial charge in [0.1, 0.15) is 0 Å². The number of rotatable bonds is 7. The second kappa shape index (κ2) is 8.60. The lowest BCUT2D eigenvalue weighted by atomic mass is 10.4. The highest BCUT2D eigenvalue weighted by atomic mass is 32.1. The highest BCUT2D eigenvalue weighted by molar-refractivity contribution is 7.80. The third-order valence-electron chi connectivity index (χ3n) is 1.61. The molecule has 0 aliphatic rings. The van der Waals surface area contributed by atoms with Crippen LogP contribution < -0.4 is 0 Å². The molecular weight excluding hydrogens is 182 g/mol. The van der Waals surface area contributed by atoms with E-state index in [0.29, 0.717) is 6.10 Å². The zero-order valence-electron chi connectivity index (χ0n) is 8.86. The minimum Gasteiger partial charge on any atom is -0.377 e. The van der Waals surface area contributed by atoms with E-state index in [1.807, 2.05) is 0 Å². The van der Waals surface area contributed by atoms with Gasteiger partial charge in [0.25, 0.3) is 0 Å². The standard InChI is InChI=1S/C10H21NOS/c1-10(2)12-8-7-11(3)6-4-5-9-13/h4-5,10,13H,6-9H2,1-3H3/b5-4+. The molecule has 0 aliphatic carbocycles. The van der Waals surface area contributed by atoms with Gasteiger partial charge in [-0.05, 0) is 20.9 Å². The Morgan fingerprint density at radius 2 is 2.08 bits per heavy atom. The number of ether oxygens (including phenoxy) is 1. The van der Waals surface area contributed by atoms with Gasteiger partial charge in [-0.15, -0.1) is 0 Å². The normalized spacial score (nSPS) is 12.2. The van der Waals surface area contributed by atoms with Crippen molar-refractivity contribution in [1.29, 1.82) is 0 Å². The van der Waals surface area contributed by atoms with Gasteiger partial charge in [0, 0.05) is 18.8 Å². The zero-order valence-corrected chi connectivity index (χ0v) is 9.76. The van der Waals surface area contributed by atoms with Crippen molar-refractivity contribution in [3.05, 3.63) is 12.2 Å². The highest BCUT2D eigenvalue weighted by Crippen LogP contribution is 1.90. The summed E-state index contributed by atoms with van der Waals surface area (Å²) in [6, 6.07) is 0. The van der Waals surface area contributed by atoms with Crippen LogP contribution in [0.1, 0.15) is 13.8 Å². The van der Waals surface area contributed by atoms with Gasteiger partial charge in [0.15, 0.2) is 0 Å². The van der Waals surface area contributed by atoms with Crippen molar-refractivity contribution in [2.45, 2.75) is 20.0 Å². The van der Waals surface area contributed by atoms with E-state index in [4.69, 9.17) is 4.74 Å². The zero-order chi connectivity index (χ0) is 10.1. The molecule has 0 aromatic carbocycles. The summed E-state index contributed by atoms with van der Waals surface area (Å²) in [6.07, 6.45) is 4.52. The van der Waals surface area contributed by atoms with Crippen LogP contribution in [0.4, 0.5) is 0 Å². The van der Waals surface area contributed by atoms with Gasteiger partial charge in [0.2, 0.25) is 0 Å². The van der Waals surface area contributed by atoms with Gasteiger partial charge in [-0.2, -0.15) is 12.6 Å². The molecule has 0 N–H and O–H groups in total. The van der Waals surface area contributed by atoms with Crippen molar-refractivity contribution in [2.75, 3.05) is 32.5 Å². The van der Waals surface area contributed by atoms with Crippen LogP contribution in [-0.4, -0.2) is 43.5 Å². The molecule has 0 amide bonds. The van der Waals surface area contributed by atoms with Gasteiger partial charge in [-0.1, -0.05) is 12.2 Å². The molecule has 0 aromatic heterocycles. The molecule has 0 saturated carbocycles. The number of hydrogen-bond acceptors (Lipinski definition) is 3. The van der Waals surface area contributed by atoms with Gasteiger partial charge in [0.05, 0.1) is 12.7 Å². The molecule has 78 valence electrons. The average Bonchev–Trinajstić information content (AvgIpc) is 2.04. The minimum absolute atomic E-state index is 0.335. The molecule has 0 rings (SSSR count). The largest absolute Gasteiger partial charge is 0.377 e. The Morgan fingerprint density at radius 1 is 1.38 bits per heavy atom. The lowest BCUT2D eigenvalue weighted by molar-refractivity contribution is 0.0657. The summed E-state index contributed by atoms with van der Waals surface area (Å²) in [5, 5.41) is 0. The fourth-order valence-electron chi connectivity index (χ4n) is 0.865. The van der Waals surface area contributed by atoms with Gasteiger partial charge >= 0.3 is 0 Å². The van der Waals surface area contributed by atoms with Crippen LogP contribution in [0.25, 0.3) is 0 Å². The summed E-state index contributed by atoms with van der Waals surface area (Å²) < 4.78 is 5.44. The molecule has 0 atom stereocenters. The summed E-state index contributed by atoms with van der Waals surface area (Å²) in [5.74, 6) is 0.816. The van der Waals surface area contributed by atoms with Gasteiger partial charge in [-0.3, -0.25) is 0 Å². The molecule has 0 radical (unpaired) electrons. The first-order valence-electron chi connectivity index (χ1n) is 4.72. The lowest BCUT2D eigenvalue weighted by Crippen LogP contribution is -2.24. The average molecular weight is 203 g/mol. The molecule has 3 heteroatoms. The van der Waals surface area contributed by atoms with E-state index in [-0.39, 0.29) is 0 Å². The van der Waals surface area contributed by atoms with Crippen molar-refractivity contribution in [3.8, 4) is 0 Å². The molecule has 0 aliphatic heterocycles. The van der Waals surface area contributed by atoms with E-state index in [9.17, 15) is 0 Å². The quantitative estimate of drug-likeness (QED) is 0.500. The molecule has 0 saturated heterocycles. The Hall–Kier alpha value is 0.01000. The van der Waals surface area contributed by atoms with Crippen LogP contribution in [0.15, 0.2) is 12.2 Å². The highest BCUT2D eigenvalue weighted by Gasteiger charge is 1.96. The topological polar surface area (TPSA) is 12.5 Å². The van der Waals surface area contributed by atoms with Crippen LogP contribution in [0.2, 0.25) is 0 Å². The van der Waals surface area contributed by atoms with Crippen LogP contribution in [0.3, 0.4) is 0 Å². The molecule has 0 heterocycles. The predicted octanol–water partition coefficient (Wildman–Crippen LogP) is 1.83. The Labute approximate surface area is 87.4 Å². The first-order valence-corrected chi connectivity index (χ1v) is 5.36. The fraction of sp³-hybridized carbons (Fsp3) is 0.800. The van der Waals surface area contributed by atoms with Gasteiger partial charge in [-0.25, -0.2) is 0 Å². The molecule has 0 aromatic rings. The molecule has 0 bridgehead atoms. The fourth-order valence-corrected chi connectivity index (χ4v) is 1.01. The minimum atomic E-state index is 0.335. The third kappa shape index (κ3) is 9.93. The van der Waals surface area contributed by atoms with Crippen molar-refractivity contribution < 1.29 is 4.74 Å². The number of nitrogens with zero attached hydrogens (tertiary/aromatic N) is 1. The number of thiol groups is 1. The van der Waals surface area contributed by atoms with E-state index in [0.717, 1.165) is 25.4 Å². The maximum atomic E-state index is 5.44. The first kappa shape index (κ1) is 13.0. The van der Waals surface area contributed by atoms with Crippen LogP contribution in [0.5, 0.6) is 0 Å². The molecular formula is C10H21NOS. The second-order valence-corrected chi connectivity index (χ2v) is 3.70. The summed E-state index contributed by atoms with van der Waals surface area (Å²) in [7, 11) is 2.09. The monoisotopic (exact) mass is 203 g/mol. The van der Waals surface area contributed by atoms with E-state index in [1.54, 1.807) is 0 Å². The lowest BCUT2D eigenvalue weighted by Gasteiger charge is -2.15. The van der Waals surface area contributed by atoms with Crippen molar-refractivity contribution in [3.63, 3.8) is 0 Å². The Kier molecular flexibility index (Phi) is 8.61. The molecule has 2 nitrogen and oxygen atoms in total. The van der Waals surface area contributed by atoms with Crippen LogP contribution in [0, 0.1) is 0 Å². The molecule has 0 unspecified atom stereocenters. The van der Waals surface area contributed by atoms with E-state index >= 15 is 0 Å². The van der Waals surface area contributed by atoms with Gasteiger partial charge < -0.3 is 9.64 Å². The predicted molar refractivity (Wildman–Crippen MR) is 61.6 cm³/mol. The SMILES string of the molecule is CC(C)OCCN(C)C/C=C/CS. The molecule has 0 spiro atoms. The summed E-state index contributed by atoms with van der Waals surface area (Å²) in [4.78, 5) is 2.22. The Balaban J connectivity index is 3.29. The maximum absolute atomic E-state index is 5.44. The van der Waals surface area contributed by atoms with E-state index in [2.05, 4.69) is 50.6 Å². The first-order chi connectivity index (χ1) is 6.16. The number of likely N-dealkylation sites (N-methyl/N-ethyl adjacent to an activating group) is 1.